The molecule has 9 heteroatoms. The molecule has 162 valence electrons. The molecule has 7 nitrogen and oxygen atoms in total. The summed E-state index contributed by atoms with van der Waals surface area (Å²) in [4.78, 5) is 30.1. The summed E-state index contributed by atoms with van der Waals surface area (Å²) in [6, 6.07) is 12.9. The average molecular weight is 468 g/mol. The van der Waals surface area contributed by atoms with Gasteiger partial charge in [-0.05, 0) is 23.8 Å². The zero-order valence-corrected chi connectivity index (χ0v) is 18.6. The van der Waals surface area contributed by atoms with Gasteiger partial charge >= 0.3 is 0 Å². The number of benzene rings is 2. The Bertz CT molecular complexity index is 1400. The lowest BCUT2D eigenvalue weighted by Gasteiger charge is -2.26. The number of rotatable bonds is 5. The first-order chi connectivity index (χ1) is 15.5. The van der Waals surface area contributed by atoms with Crippen LogP contribution in [-0.4, -0.2) is 22.4 Å². The highest BCUT2D eigenvalue weighted by Gasteiger charge is 2.32. The van der Waals surface area contributed by atoms with Gasteiger partial charge in [-0.15, -0.1) is 11.3 Å². The first-order valence-electron chi connectivity index (χ1n) is 9.89. The second-order valence-corrected chi connectivity index (χ2v) is 8.61. The summed E-state index contributed by atoms with van der Waals surface area (Å²) < 4.78 is 13.2. The highest BCUT2D eigenvalue weighted by atomic mass is 35.5. The van der Waals surface area contributed by atoms with E-state index in [1.165, 1.54) is 11.3 Å². The maximum atomic E-state index is 12.8. The van der Waals surface area contributed by atoms with Crippen molar-refractivity contribution in [2.75, 3.05) is 12.4 Å². The minimum atomic E-state index is -0.443. The Balaban J connectivity index is 1.51. The Morgan fingerprint density at radius 3 is 2.88 bits per heavy atom. The first-order valence-corrected chi connectivity index (χ1v) is 11.1. The summed E-state index contributed by atoms with van der Waals surface area (Å²) in [6.45, 7) is 0.283. The lowest BCUT2D eigenvalue weighted by Crippen LogP contribution is -2.31. The van der Waals surface area contributed by atoms with Gasteiger partial charge in [-0.25, -0.2) is 0 Å². The van der Waals surface area contributed by atoms with Crippen LogP contribution in [0, 0.1) is 0 Å². The van der Waals surface area contributed by atoms with Crippen molar-refractivity contribution in [2.45, 2.75) is 18.9 Å². The molecule has 0 saturated heterocycles. The summed E-state index contributed by atoms with van der Waals surface area (Å²) >= 11 is 7.55. The molecule has 2 aromatic carbocycles. The molecule has 5 rings (SSSR count). The molecule has 0 spiro atoms. The van der Waals surface area contributed by atoms with E-state index >= 15 is 0 Å². The highest BCUT2D eigenvalue weighted by Crippen LogP contribution is 2.39. The lowest BCUT2D eigenvalue weighted by molar-refractivity contribution is -0.116. The first kappa shape index (κ1) is 20.5. The average Bonchev–Trinajstić information content (AvgIpc) is 3.26. The van der Waals surface area contributed by atoms with Crippen molar-refractivity contribution in [3.63, 3.8) is 0 Å². The van der Waals surface area contributed by atoms with Crippen molar-refractivity contribution in [3.05, 3.63) is 86.1 Å². The molecule has 0 aliphatic carbocycles. The lowest BCUT2D eigenvalue weighted by atomic mass is 9.86. The van der Waals surface area contributed by atoms with Gasteiger partial charge in [0.1, 0.15) is 12.4 Å². The number of carbonyl (C=O) groups excluding carboxylic acids is 1. The minimum absolute atomic E-state index is 0.142. The van der Waals surface area contributed by atoms with E-state index in [1.807, 2.05) is 35.7 Å². The third-order valence-electron chi connectivity index (χ3n) is 5.44. The van der Waals surface area contributed by atoms with Crippen molar-refractivity contribution in [2.24, 2.45) is 0 Å². The fourth-order valence-corrected chi connectivity index (χ4v) is 4.78. The molecule has 3 heterocycles. The zero-order chi connectivity index (χ0) is 22.2. The summed E-state index contributed by atoms with van der Waals surface area (Å²) in [5.41, 5.74) is 1.76. The van der Waals surface area contributed by atoms with E-state index in [1.54, 1.807) is 29.8 Å². The summed E-state index contributed by atoms with van der Waals surface area (Å²) in [6.07, 6.45) is 1.93. The van der Waals surface area contributed by atoms with Gasteiger partial charge in [-0.3, -0.25) is 14.0 Å². The molecule has 1 aliphatic heterocycles. The number of nitrogens with zero attached hydrogens (tertiary/aromatic N) is 2. The van der Waals surface area contributed by atoms with Crippen molar-refractivity contribution >= 4 is 39.6 Å². The normalized spacial score (nSPS) is 15.3. The quantitative estimate of drug-likeness (QED) is 0.468. The number of nitrogens with one attached hydrogen (secondary N) is 1. The third kappa shape index (κ3) is 3.61. The molecule has 0 bridgehead atoms. The molecule has 4 aromatic rings. The molecule has 0 radical (unpaired) electrons. The number of methoxy groups -OCH3 is 1. The predicted molar refractivity (Wildman–Crippen MR) is 123 cm³/mol. The van der Waals surface area contributed by atoms with Gasteiger partial charge in [0.05, 0.1) is 12.7 Å². The van der Waals surface area contributed by atoms with Gasteiger partial charge in [0, 0.05) is 34.5 Å². The van der Waals surface area contributed by atoms with Gasteiger partial charge in [0.25, 0.3) is 5.56 Å². The maximum absolute atomic E-state index is 12.8. The number of anilines is 1. The molecule has 1 atom stereocenters. The monoisotopic (exact) mass is 467 g/mol. The Morgan fingerprint density at radius 1 is 1.22 bits per heavy atom. The number of fused-ring (bicyclic) bond motifs is 3. The van der Waals surface area contributed by atoms with Crippen LogP contribution >= 0.6 is 22.9 Å². The van der Waals surface area contributed by atoms with E-state index in [-0.39, 0.29) is 24.5 Å². The number of hydrogen-bond acceptors (Lipinski definition) is 6. The van der Waals surface area contributed by atoms with Crippen LogP contribution in [-0.2, 0) is 11.4 Å². The van der Waals surface area contributed by atoms with E-state index in [0.717, 1.165) is 11.1 Å². The Labute approximate surface area is 192 Å². The number of aromatic nitrogens is 2. The van der Waals surface area contributed by atoms with Crippen LogP contribution < -0.4 is 20.3 Å². The van der Waals surface area contributed by atoms with Crippen molar-refractivity contribution < 1.29 is 14.3 Å². The number of hydrogen-bond donors (Lipinski definition) is 1. The predicted octanol–water partition coefficient (Wildman–Crippen LogP) is 4.47. The Morgan fingerprint density at radius 2 is 2.06 bits per heavy atom. The fraction of sp³-hybridized carbons (Fsp3) is 0.174. The molecule has 1 aliphatic rings. The second kappa shape index (κ2) is 8.29. The van der Waals surface area contributed by atoms with Crippen LogP contribution in [0.25, 0.3) is 4.96 Å². The van der Waals surface area contributed by atoms with Gasteiger partial charge < -0.3 is 14.8 Å². The minimum Gasteiger partial charge on any atom is -0.493 e. The molecule has 0 fully saturated rings. The SMILES string of the molecule is COc1cc([C@@H]2CC(=O)Nc3c2c(=O)nc2sccn32)ccc1OCc1ccccc1Cl. The van der Waals surface area contributed by atoms with E-state index in [2.05, 4.69) is 10.3 Å². The maximum Gasteiger partial charge on any atom is 0.279 e. The summed E-state index contributed by atoms with van der Waals surface area (Å²) in [5.74, 6) is 0.917. The van der Waals surface area contributed by atoms with Crippen molar-refractivity contribution in [1.82, 2.24) is 9.38 Å². The number of amides is 1. The summed E-state index contributed by atoms with van der Waals surface area (Å²) in [7, 11) is 1.55. The molecule has 1 N–H and O–H groups in total. The van der Waals surface area contributed by atoms with Gasteiger partial charge in [-0.1, -0.05) is 35.9 Å². The van der Waals surface area contributed by atoms with Crippen LogP contribution in [0.2, 0.25) is 5.02 Å². The smallest absolute Gasteiger partial charge is 0.279 e. The number of carbonyl (C=O) groups is 1. The van der Waals surface area contributed by atoms with Crippen molar-refractivity contribution in [1.29, 1.82) is 0 Å². The van der Waals surface area contributed by atoms with Gasteiger partial charge in [-0.2, -0.15) is 4.98 Å². The molecule has 0 unspecified atom stereocenters. The molecule has 2 aromatic heterocycles. The van der Waals surface area contributed by atoms with E-state index < -0.39 is 5.92 Å². The largest absolute Gasteiger partial charge is 0.493 e. The molecular weight excluding hydrogens is 450 g/mol. The van der Waals surface area contributed by atoms with Crippen molar-refractivity contribution in [3.8, 4) is 11.5 Å². The van der Waals surface area contributed by atoms with Gasteiger partial charge in [0.15, 0.2) is 16.5 Å². The number of halogens is 1. The number of ether oxygens (including phenoxy) is 2. The van der Waals surface area contributed by atoms with E-state index in [0.29, 0.717) is 32.9 Å². The summed E-state index contributed by atoms with van der Waals surface area (Å²) in [5, 5.41) is 5.29. The van der Waals surface area contributed by atoms with Gasteiger partial charge in [0.2, 0.25) is 5.91 Å². The van der Waals surface area contributed by atoms with Crippen LogP contribution in [0.3, 0.4) is 0 Å². The fourth-order valence-electron chi connectivity index (χ4n) is 3.89. The standard InChI is InChI=1S/C23H18ClN3O4S/c1-30-18-10-13(6-7-17(18)31-12-14-4-2-3-5-16(14)24)15-11-19(28)25-21-20(15)22(29)26-23-27(21)8-9-32-23/h2-10,15H,11-12H2,1H3,(H,25,28)/t15-/m0/s1. The van der Waals surface area contributed by atoms with Crippen LogP contribution in [0.15, 0.2) is 58.8 Å². The van der Waals surface area contributed by atoms with E-state index in [9.17, 15) is 9.59 Å². The highest BCUT2D eigenvalue weighted by molar-refractivity contribution is 7.15. The molecular formula is C23H18ClN3O4S. The van der Waals surface area contributed by atoms with Crippen LogP contribution in [0.4, 0.5) is 5.82 Å². The van der Waals surface area contributed by atoms with Crippen LogP contribution in [0.1, 0.15) is 29.0 Å². The molecule has 0 saturated carbocycles. The zero-order valence-electron chi connectivity index (χ0n) is 17.0. The third-order valence-corrected chi connectivity index (χ3v) is 6.57. The van der Waals surface area contributed by atoms with Crippen LogP contribution in [0.5, 0.6) is 11.5 Å². The second-order valence-electron chi connectivity index (χ2n) is 7.33. The topological polar surface area (TPSA) is 81.9 Å². The van der Waals surface area contributed by atoms with E-state index in [4.69, 9.17) is 21.1 Å². The Kier molecular flexibility index (Phi) is 5.32. The number of thiazole rings is 1. The molecule has 1 amide bonds. The molecule has 32 heavy (non-hydrogen) atoms. The Hall–Kier alpha value is -3.36.